The maximum Gasteiger partial charge on any atom is 0.333 e. The Morgan fingerprint density at radius 2 is 1.82 bits per heavy atom. The van der Waals surface area contributed by atoms with E-state index in [1.807, 2.05) is 44.2 Å². The minimum atomic E-state index is -0.455. The van der Waals surface area contributed by atoms with E-state index in [1.54, 1.807) is 11.7 Å². The Hall–Kier alpha value is -3.19. The predicted molar refractivity (Wildman–Crippen MR) is 129 cm³/mol. The lowest BCUT2D eigenvalue weighted by molar-refractivity contribution is -0.139. The van der Waals surface area contributed by atoms with E-state index in [1.165, 1.54) is 0 Å². The second-order valence-corrected chi connectivity index (χ2v) is 9.90. The molecule has 0 amide bonds. The summed E-state index contributed by atoms with van der Waals surface area (Å²) in [4.78, 5) is 13.2. The van der Waals surface area contributed by atoms with Crippen LogP contribution in [0.1, 0.15) is 52.7 Å². The van der Waals surface area contributed by atoms with Gasteiger partial charge in [-0.2, -0.15) is 0 Å². The molecule has 33 heavy (non-hydrogen) atoms. The van der Waals surface area contributed by atoms with Crippen LogP contribution in [0.2, 0.25) is 0 Å². The van der Waals surface area contributed by atoms with Crippen molar-refractivity contribution < 1.29 is 19.4 Å². The predicted octanol–water partition coefficient (Wildman–Crippen LogP) is 4.49. The molecule has 0 atom stereocenters. The van der Waals surface area contributed by atoms with Crippen LogP contribution in [0.5, 0.6) is 5.75 Å². The molecule has 0 saturated heterocycles. The second kappa shape index (κ2) is 9.35. The Morgan fingerprint density at radius 3 is 2.45 bits per heavy atom. The number of aromatic nitrogens is 3. The average Bonchev–Trinajstić information content (AvgIpc) is 3.19. The first-order valence-electron chi connectivity index (χ1n) is 11.0. The topological polar surface area (TPSA) is 86.5 Å². The molecule has 0 fully saturated rings. The molecule has 1 heterocycles. The van der Waals surface area contributed by atoms with Gasteiger partial charge in [-0.15, -0.1) is 15.0 Å². The number of aliphatic hydroxyl groups is 1. The third-order valence-electron chi connectivity index (χ3n) is 5.49. The maximum absolute atomic E-state index is 11.7. The van der Waals surface area contributed by atoms with Crippen molar-refractivity contribution in [3.63, 3.8) is 0 Å². The molecule has 0 bridgehead atoms. The van der Waals surface area contributed by atoms with Crippen LogP contribution in [0.3, 0.4) is 0 Å². The van der Waals surface area contributed by atoms with Crippen molar-refractivity contribution in [3.8, 4) is 11.4 Å². The van der Waals surface area contributed by atoms with Gasteiger partial charge in [-0.25, -0.2) is 4.79 Å². The zero-order chi connectivity index (χ0) is 24.4. The highest BCUT2D eigenvalue weighted by Gasteiger charge is 2.23. The number of hydrogen-bond acceptors (Lipinski definition) is 6. The first-order valence-corrected chi connectivity index (χ1v) is 11.0. The highest BCUT2D eigenvalue weighted by Crippen LogP contribution is 2.32. The molecule has 0 spiro atoms. The summed E-state index contributed by atoms with van der Waals surface area (Å²) in [7, 11) is 0. The quantitative estimate of drug-likeness (QED) is 0.309. The van der Waals surface area contributed by atoms with E-state index in [2.05, 4.69) is 38.5 Å². The molecule has 0 saturated carbocycles. The molecule has 176 valence electrons. The molecule has 0 aliphatic rings. The van der Waals surface area contributed by atoms with E-state index < -0.39 is 11.4 Å². The van der Waals surface area contributed by atoms with Crippen molar-refractivity contribution in [2.75, 3.05) is 19.8 Å². The number of esters is 1. The summed E-state index contributed by atoms with van der Waals surface area (Å²) >= 11 is 0. The Morgan fingerprint density at radius 1 is 1.09 bits per heavy atom. The van der Waals surface area contributed by atoms with E-state index in [-0.39, 0.29) is 25.2 Å². The van der Waals surface area contributed by atoms with Crippen molar-refractivity contribution in [1.29, 1.82) is 0 Å². The van der Waals surface area contributed by atoms with Crippen LogP contribution < -0.4 is 4.74 Å². The molecule has 0 aliphatic carbocycles. The van der Waals surface area contributed by atoms with E-state index in [9.17, 15) is 9.90 Å². The van der Waals surface area contributed by atoms with Gasteiger partial charge in [-0.3, -0.25) is 0 Å². The van der Waals surface area contributed by atoms with Gasteiger partial charge in [0, 0.05) is 11.0 Å². The summed E-state index contributed by atoms with van der Waals surface area (Å²) in [5, 5.41) is 19.3. The van der Waals surface area contributed by atoms with Crippen molar-refractivity contribution >= 4 is 17.0 Å². The molecule has 1 N–H and O–H groups in total. The van der Waals surface area contributed by atoms with Crippen LogP contribution in [0.25, 0.3) is 16.7 Å². The fraction of sp³-hybridized carbons (Fsp3) is 0.423. The Kier molecular flexibility index (Phi) is 6.93. The lowest BCUT2D eigenvalue weighted by Crippen LogP contribution is -2.22. The van der Waals surface area contributed by atoms with Crippen LogP contribution in [0.15, 0.2) is 48.6 Å². The van der Waals surface area contributed by atoms with Crippen molar-refractivity contribution in [3.05, 3.63) is 59.7 Å². The Labute approximate surface area is 195 Å². The van der Waals surface area contributed by atoms with Gasteiger partial charge in [0.05, 0.1) is 6.61 Å². The maximum atomic E-state index is 11.7. The number of carbonyl (C=O) groups is 1. The van der Waals surface area contributed by atoms with Crippen molar-refractivity contribution in [2.45, 2.75) is 52.4 Å². The summed E-state index contributed by atoms with van der Waals surface area (Å²) in [6.07, 6.45) is 0. The SMILES string of the molecule is C=C(C)C(=O)OCCOc1cc(C(C)(C)CO)ccc1-n1nc2cccc(C(C)(C)C)c2n1. The summed E-state index contributed by atoms with van der Waals surface area (Å²) in [6, 6.07) is 11.7. The minimum absolute atomic E-state index is 0.0130. The number of rotatable bonds is 8. The molecule has 3 rings (SSSR count). The molecular formula is C26H33N3O4. The van der Waals surface area contributed by atoms with E-state index in [0.717, 1.165) is 22.2 Å². The van der Waals surface area contributed by atoms with Gasteiger partial charge in [-0.1, -0.05) is 59.4 Å². The summed E-state index contributed by atoms with van der Waals surface area (Å²) in [5.41, 5.74) is 4.12. The average molecular weight is 452 g/mol. The van der Waals surface area contributed by atoms with Crippen LogP contribution in [-0.4, -0.2) is 45.9 Å². The van der Waals surface area contributed by atoms with Crippen LogP contribution in [0, 0.1) is 0 Å². The van der Waals surface area contributed by atoms with Crippen LogP contribution in [0.4, 0.5) is 0 Å². The number of benzene rings is 2. The van der Waals surface area contributed by atoms with Crippen LogP contribution in [-0.2, 0) is 20.4 Å². The van der Waals surface area contributed by atoms with E-state index in [0.29, 0.717) is 17.0 Å². The number of nitrogens with zero attached hydrogens (tertiary/aromatic N) is 3. The second-order valence-electron chi connectivity index (χ2n) is 9.90. The number of ether oxygens (including phenoxy) is 2. The van der Waals surface area contributed by atoms with Gasteiger partial charge in [-0.05, 0) is 41.7 Å². The highest BCUT2D eigenvalue weighted by atomic mass is 16.6. The number of hydrogen-bond donors (Lipinski definition) is 1. The summed E-state index contributed by atoms with van der Waals surface area (Å²) < 4.78 is 11.2. The molecule has 0 radical (unpaired) electrons. The first kappa shape index (κ1) is 24.5. The molecule has 7 nitrogen and oxygen atoms in total. The summed E-state index contributed by atoms with van der Waals surface area (Å²) in [5.74, 6) is 0.0849. The van der Waals surface area contributed by atoms with Gasteiger partial charge in [0.15, 0.2) is 0 Å². The number of carbonyl (C=O) groups excluding carboxylic acids is 1. The van der Waals surface area contributed by atoms with Gasteiger partial charge < -0.3 is 14.6 Å². The fourth-order valence-electron chi connectivity index (χ4n) is 3.37. The standard InChI is InChI=1S/C26H33N3O4/c1-17(2)24(31)33-14-13-32-22-15-18(26(6,7)16-30)11-12-21(22)29-27-20-10-8-9-19(23(20)28-29)25(3,4)5/h8-12,15,30H,1,13-14,16H2,2-7H3. The minimum Gasteiger partial charge on any atom is -0.488 e. The fourth-order valence-corrected chi connectivity index (χ4v) is 3.37. The van der Waals surface area contributed by atoms with Gasteiger partial charge in [0.2, 0.25) is 0 Å². The molecular weight excluding hydrogens is 418 g/mol. The molecule has 1 aromatic heterocycles. The molecule has 0 aliphatic heterocycles. The van der Waals surface area contributed by atoms with E-state index in [4.69, 9.17) is 14.6 Å². The lowest BCUT2D eigenvalue weighted by atomic mass is 9.85. The first-order chi connectivity index (χ1) is 15.4. The zero-order valence-corrected chi connectivity index (χ0v) is 20.3. The van der Waals surface area contributed by atoms with Gasteiger partial charge in [0.1, 0.15) is 35.7 Å². The Balaban J connectivity index is 2.00. The third kappa shape index (κ3) is 5.42. The zero-order valence-electron chi connectivity index (χ0n) is 20.3. The lowest BCUT2D eigenvalue weighted by Gasteiger charge is -2.23. The highest BCUT2D eigenvalue weighted by molar-refractivity contribution is 5.86. The van der Waals surface area contributed by atoms with Crippen molar-refractivity contribution in [2.24, 2.45) is 0 Å². The monoisotopic (exact) mass is 451 g/mol. The molecule has 2 aromatic carbocycles. The number of aliphatic hydroxyl groups excluding tert-OH is 1. The summed E-state index contributed by atoms with van der Waals surface area (Å²) in [6.45, 7) is 15.8. The molecule has 0 unspecified atom stereocenters. The largest absolute Gasteiger partial charge is 0.488 e. The van der Waals surface area contributed by atoms with Gasteiger partial charge >= 0.3 is 5.97 Å². The normalized spacial score (nSPS) is 12.1. The smallest absolute Gasteiger partial charge is 0.333 e. The molecule has 3 aromatic rings. The number of fused-ring (bicyclic) bond motifs is 1. The van der Waals surface area contributed by atoms with Gasteiger partial charge in [0.25, 0.3) is 0 Å². The third-order valence-corrected chi connectivity index (χ3v) is 5.49. The van der Waals surface area contributed by atoms with Crippen molar-refractivity contribution in [1.82, 2.24) is 15.0 Å². The van der Waals surface area contributed by atoms with E-state index >= 15 is 0 Å². The van der Waals surface area contributed by atoms with Crippen LogP contribution >= 0.6 is 0 Å². The molecule has 7 heteroatoms. The Bertz CT molecular complexity index is 1170.